The van der Waals surface area contributed by atoms with Crippen LogP contribution in [0.15, 0.2) is 61.3 Å². The molecule has 1 aliphatic heterocycles. The fourth-order valence-corrected chi connectivity index (χ4v) is 3.33. The van der Waals surface area contributed by atoms with Gasteiger partial charge in [0.05, 0.1) is 37.3 Å². The molecule has 0 atom stereocenters. The van der Waals surface area contributed by atoms with Gasteiger partial charge in [-0.15, -0.1) is 5.53 Å². The highest BCUT2D eigenvalue weighted by Crippen LogP contribution is 2.34. The number of methoxy groups -OCH3 is 1. The Morgan fingerprint density at radius 3 is 2.83 bits per heavy atom. The third-order valence-electron chi connectivity index (χ3n) is 4.75. The molecule has 10 heteroatoms. The monoisotopic (exact) mass is 402 g/mol. The van der Waals surface area contributed by atoms with Crippen LogP contribution in [0.3, 0.4) is 0 Å². The molecule has 10 nitrogen and oxygen atoms in total. The Kier molecular flexibility index (Phi) is 4.45. The van der Waals surface area contributed by atoms with Crippen molar-refractivity contribution in [2.45, 2.75) is 13.1 Å². The number of esters is 1. The predicted molar refractivity (Wildman–Crippen MR) is 109 cm³/mol. The zero-order valence-electron chi connectivity index (χ0n) is 16.1. The molecule has 3 aromatic heterocycles. The fraction of sp³-hybridized carbons (Fsp3) is 0.150. The minimum Gasteiger partial charge on any atom is -0.468 e. The molecule has 0 fully saturated rings. The van der Waals surface area contributed by atoms with Crippen LogP contribution < -0.4 is 15.6 Å². The zero-order chi connectivity index (χ0) is 20.5. The average Bonchev–Trinajstić information content (AvgIpc) is 3.38. The number of carbonyl (C=O) groups excluding carboxylic acids is 1. The molecule has 150 valence electrons. The lowest BCUT2D eigenvalue weighted by molar-refractivity contribution is -0.141. The van der Waals surface area contributed by atoms with E-state index in [0.717, 1.165) is 22.2 Å². The van der Waals surface area contributed by atoms with Crippen LogP contribution in [0, 0.1) is 0 Å². The van der Waals surface area contributed by atoms with Gasteiger partial charge in [0.1, 0.15) is 6.54 Å². The van der Waals surface area contributed by atoms with Crippen LogP contribution in [0.25, 0.3) is 10.9 Å². The number of anilines is 3. The Bertz CT molecular complexity index is 1220. The molecule has 1 N–H and O–H groups in total. The van der Waals surface area contributed by atoms with Gasteiger partial charge in [-0.2, -0.15) is 5.10 Å². The lowest BCUT2D eigenvalue weighted by atomic mass is 10.1. The smallest absolute Gasteiger partial charge is 0.327 e. The number of hydrogen-bond donors (Lipinski definition) is 1. The number of rotatable bonds is 5. The lowest BCUT2D eigenvalue weighted by Gasteiger charge is -2.20. The Balaban J connectivity index is 1.42. The summed E-state index contributed by atoms with van der Waals surface area (Å²) >= 11 is 0. The standard InChI is InChI=1S/C20H18N8O2/c1-30-18(29)13-26-12-16(10-24-26)28-20-19(22-7-8-23-20)27(25-28)11-14-4-5-17-15(9-14)3-2-6-21-17/h2-10,12,25H,11,13H2,1H3. The predicted octanol–water partition coefficient (Wildman–Crippen LogP) is 1.97. The second-order valence-corrected chi connectivity index (χ2v) is 6.73. The molecular weight excluding hydrogens is 384 g/mol. The Labute approximate surface area is 171 Å². The van der Waals surface area contributed by atoms with Crippen LogP contribution in [0.1, 0.15) is 5.56 Å². The molecule has 0 saturated carbocycles. The normalized spacial score (nSPS) is 13.0. The van der Waals surface area contributed by atoms with Crippen LogP contribution in [0.4, 0.5) is 17.3 Å². The molecule has 0 radical (unpaired) electrons. The number of hydrazine groups is 2. The molecule has 1 aromatic carbocycles. The summed E-state index contributed by atoms with van der Waals surface area (Å²) in [6.07, 6.45) is 8.47. The van der Waals surface area contributed by atoms with Gasteiger partial charge in [-0.05, 0) is 23.8 Å². The SMILES string of the molecule is COC(=O)Cn1cc(N2NN(Cc3ccc4ncccc4c3)c3nccnc32)cn1. The Morgan fingerprint density at radius 2 is 1.97 bits per heavy atom. The Hall–Kier alpha value is -4.05. The van der Waals surface area contributed by atoms with Crippen LogP contribution >= 0.6 is 0 Å². The molecular formula is C20H18N8O2. The van der Waals surface area contributed by atoms with E-state index in [1.54, 1.807) is 36.0 Å². The van der Waals surface area contributed by atoms with Gasteiger partial charge in [0.25, 0.3) is 0 Å². The maximum atomic E-state index is 11.5. The van der Waals surface area contributed by atoms with Crippen LogP contribution in [0.5, 0.6) is 0 Å². The first kappa shape index (κ1) is 18.0. The maximum Gasteiger partial charge on any atom is 0.327 e. The van der Waals surface area contributed by atoms with E-state index >= 15 is 0 Å². The van der Waals surface area contributed by atoms with Gasteiger partial charge in [0.2, 0.25) is 0 Å². The third kappa shape index (κ3) is 3.29. The van der Waals surface area contributed by atoms with Gasteiger partial charge in [-0.3, -0.25) is 19.5 Å². The van der Waals surface area contributed by atoms with E-state index in [2.05, 4.69) is 31.7 Å². The minimum absolute atomic E-state index is 0.0342. The summed E-state index contributed by atoms with van der Waals surface area (Å²) in [7, 11) is 1.35. The van der Waals surface area contributed by atoms with E-state index in [1.165, 1.54) is 11.8 Å². The van der Waals surface area contributed by atoms with E-state index < -0.39 is 0 Å². The minimum atomic E-state index is -0.369. The number of nitrogens with zero attached hydrogens (tertiary/aromatic N) is 7. The molecule has 0 unspecified atom stereocenters. The molecule has 0 bridgehead atoms. The number of pyridine rings is 1. The topological polar surface area (TPSA) is 101 Å². The number of hydrogen-bond acceptors (Lipinski definition) is 9. The van der Waals surface area contributed by atoms with E-state index in [1.807, 2.05) is 29.3 Å². The van der Waals surface area contributed by atoms with Crippen molar-refractivity contribution >= 4 is 34.2 Å². The van der Waals surface area contributed by atoms with Crippen molar-refractivity contribution in [3.05, 3.63) is 66.9 Å². The van der Waals surface area contributed by atoms with Crippen LogP contribution in [-0.4, -0.2) is 37.8 Å². The summed E-state index contributed by atoms with van der Waals surface area (Å²) in [5.41, 5.74) is 6.09. The maximum absolute atomic E-state index is 11.5. The second-order valence-electron chi connectivity index (χ2n) is 6.73. The molecule has 4 aromatic rings. The third-order valence-corrected chi connectivity index (χ3v) is 4.75. The van der Waals surface area contributed by atoms with Crippen LogP contribution in [0.2, 0.25) is 0 Å². The van der Waals surface area contributed by atoms with Gasteiger partial charge in [-0.1, -0.05) is 12.1 Å². The molecule has 1 aliphatic rings. The Morgan fingerprint density at radius 1 is 1.10 bits per heavy atom. The van der Waals surface area contributed by atoms with Gasteiger partial charge >= 0.3 is 5.97 Å². The van der Waals surface area contributed by atoms with Crippen molar-refractivity contribution in [3.8, 4) is 0 Å². The van der Waals surface area contributed by atoms with Gasteiger partial charge < -0.3 is 4.74 Å². The number of nitrogens with one attached hydrogen (secondary N) is 1. The van der Waals surface area contributed by atoms with Crippen molar-refractivity contribution < 1.29 is 9.53 Å². The highest BCUT2D eigenvalue weighted by atomic mass is 16.5. The summed E-state index contributed by atoms with van der Waals surface area (Å²) in [6.45, 7) is 0.607. The van der Waals surface area contributed by atoms with Gasteiger partial charge in [0, 0.05) is 24.0 Å². The number of fused-ring (bicyclic) bond motifs is 2. The highest BCUT2D eigenvalue weighted by Gasteiger charge is 2.30. The van der Waals surface area contributed by atoms with E-state index in [4.69, 9.17) is 4.74 Å². The quantitative estimate of drug-likeness (QED) is 0.502. The van der Waals surface area contributed by atoms with E-state index in [9.17, 15) is 4.79 Å². The number of carbonyl (C=O) groups is 1. The highest BCUT2D eigenvalue weighted by molar-refractivity contribution is 5.79. The van der Waals surface area contributed by atoms with E-state index in [-0.39, 0.29) is 12.5 Å². The summed E-state index contributed by atoms with van der Waals surface area (Å²) in [5.74, 6) is 0.980. The van der Waals surface area contributed by atoms with Crippen molar-refractivity contribution in [2.24, 2.45) is 0 Å². The molecule has 0 aliphatic carbocycles. The first-order valence-corrected chi connectivity index (χ1v) is 9.29. The summed E-state index contributed by atoms with van der Waals surface area (Å²) in [4.78, 5) is 24.8. The van der Waals surface area contributed by atoms with Crippen molar-refractivity contribution in [1.29, 1.82) is 0 Å². The summed E-state index contributed by atoms with van der Waals surface area (Å²) in [5, 5.41) is 9.00. The first-order valence-electron chi connectivity index (χ1n) is 9.29. The molecule has 0 amide bonds. The number of aromatic nitrogens is 5. The molecule has 0 saturated heterocycles. The largest absolute Gasteiger partial charge is 0.468 e. The average molecular weight is 402 g/mol. The number of benzene rings is 1. The van der Waals surface area contributed by atoms with E-state index in [0.29, 0.717) is 18.2 Å². The lowest BCUT2D eigenvalue weighted by Crippen LogP contribution is -2.41. The molecule has 4 heterocycles. The van der Waals surface area contributed by atoms with Gasteiger partial charge in [0.15, 0.2) is 11.6 Å². The summed E-state index contributed by atoms with van der Waals surface area (Å²) in [6, 6.07) is 10.1. The zero-order valence-corrected chi connectivity index (χ0v) is 16.1. The molecule has 5 rings (SSSR count). The fourth-order valence-electron chi connectivity index (χ4n) is 3.33. The second kappa shape index (κ2) is 7.41. The van der Waals surface area contributed by atoms with Crippen molar-refractivity contribution in [3.63, 3.8) is 0 Å². The number of ether oxygens (including phenoxy) is 1. The van der Waals surface area contributed by atoms with Gasteiger partial charge in [-0.25, -0.2) is 15.0 Å². The molecule has 30 heavy (non-hydrogen) atoms. The van der Waals surface area contributed by atoms with Crippen LogP contribution in [-0.2, 0) is 22.6 Å². The van der Waals surface area contributed by atoms with Crippen molar-refractivity contribution in [2.75, 3.05) is 17.1 Å². The summed E-state index contributed by atoms with van der Waals surface area (Å²) < 4.78 is 6.21. The molecule has 0 spiro atoms. The van der Waals surface area contributed by atoms with Crippen molar-refractivity contribution in [1.82, 2.24) is 30.3 Å². The first-order chi connectivity index (χ1) is 14.7.